The fourth-order valence-electron chi connectivity index (χ4n) is 12.4. The predicted octanol–water partition coefficient (Wildman–Crippen LogP) is 13.4. The second-order valence-electron chi connectivity index (χ2n) is 24.6. The lowest BCUT2D eigenvalue weighted by atomic mass is 9.90. The van der Waals surface area contributed by atoms with E-state index in [1.807, 2.05) is 29.7 Å². The van der Waals surface area contributed by atoms with E-state index in [1.54, 1.807) is 0 Å². The zero-order valence-electron chi connectivity index (χ0n) is 50.2. The van der Waals surface area contributed by atoms with Crippen LogP contribution in [0.2, 0.25) is 0 Å². The average Bonchev–Trinajstić information content (AvgIpc) is 1.62. The molecule has 4 N–H and O–H groups in total. The Morgan fingerprint density at radius 1 is 0.547 bits per heavy atom. The number of nitrogens with zero attached hydrogens (tertiary/aromatic N) is 6. The molecule has 6 aliphatic rings. The van der Waals surface area contributed by atoms with Gasteiger partial charge in [0.05, 0.1) is 33.8 Å². The van der Waals surface area contributed by atoms with Gasteiger partial charge in [0, 0.05) is 76.8 Å². The van der Waals surface area contributed by atoms with Crippen molar-refractivity contribution in [2.24, 2.45) is 22.0 Å². The van der Waals surface area contributed by atoms with Crippen LogP contribution in [0.15, 0.2) is 79.7 Å². The first kappa shape index (κ1) is 67.3. The maximum atomic E-state index is 14.1. The highest BCUT2D eigenvalue weighted by molar-refractivity contribution is 9.11. The van der Waals surface area contributed by atoms with Gasteiger partial charge in [-0.05, 0) is 202 Å². The van der Waals surface area contributed by atoms with E-state index in [9.17, 15) is 47.0 Å². The fraction of sp³-hybridized carbons (Fsp3) is 0.406. The lowest BCUT2D eigenvalue weighted by Gasteiger charge is -2.31. The molecule has 0 fully saturated rings. The molecular weight excluding hydrogens is 1320 g/mol. The van der Waals surface area contributed by atoms with Crippen LogP contribution >= 0.6 is 60.2 Å². The number of rotatable bonds is 6. The molecule has 0 saturated heterocycles. The zero-order chi connectivity index (χ0) is 62.5. The number of fused-ring (bicyclic) bond motifs is 9. The second-order valence-corrected chi connectivity index (χ2v) is 27.2. The first-order valence-electron chi connectivity index (χ1n) is 28.1. The molecule has 0 bridgehead atoms. The van der Waals surface area contributed by atoms with Crippen molar-refractivity contribution in [3.8, 4) is 0 Å². The molecule has 3 aliphatic heterocycles. The minimum absolute atomic E-state index is 0. The number of benzene rings is 3. The van der Waals surface area contributed by atoms with Crippen molar-refractivity contribution in [1.29, 1.82) is 0 Å². The Kier molecular flexibility index (Phi) is 20.5. The zero-order valence-corrected chi connectivity index (χ0v) is 55.7. The molecule has 6 heterocycles. The molecule has 22 heteroatoms. The standard InChI is InChI=1S/C20H21BrFN3O2.C19H18BrFN2O3.C19H18BrFN2O2.C5H10.CH5N.ClH/c1-20(2)9-11-6-15-19(27)25(5-4-24(15)16(11)10-20)14-8-12(22)7-13(21)17(14)18(26)23-3;1-19(2)8-10-5-14-17(24)23(4-3-22(14)15(10)9-19)13-7-11(21)6-12(20)16(13)18(25)26;1-19(2)8-11-5-16-18(25)23(4-3-22(16)17(11)9-19)15-7-12(21)6-14(20)13(15)10-24;1-4-5(2)3;1-2;/h6-8H,4-5,9-10H2,1-3H3,(H,23,26);5-7H,3-4,8-9H2,1-2H3,(H,25,26);5-7,10H,3-4,8-9H2,1-2H3;4H,1-3H3;2H2,1H3;1H. The summed E-state index contributed by atoms with van der Waals surface area (Å²) in [5, 5.41) is 12.1. The molecule has 15 nitrogen and oxygen atoms in total. The van der Waals surface area contributed by atoms with Crippen molar-refractivity contribution >= 4 is 113 Å². The largest absolute Gasteiger partial charge is 0.478 e. The highest BCUT2D eigenvalue weighted by Gasteiger charge is 2.41. The van der Waals surface area contributed by atoms with E-state index in [0.717, 1.165) is 50.7 Å². The molecule has 3 aliphatic carbocycles. The molecule has 3 aromatic carbocycles. The molecule has 3 aromatic heterocycles. The fourth-order valence-corrected chi connectivity index (χ4v) is 14.1. The Hall–Kier alpha value is -6.26. The molecule has 0 unspecified atom stereocenters. The molecule has 6 aromatic rings. The van der Waals surface area contributed by atoms with Crippen molar-refractivity contribution in [2.75, 3.05) is 48.4 Å². The smallest absolute Gasteiger partial charge is 0.338 e. The van der Waals surface area contributed by atoms with Gasteiger partial charge in [-0.15, -0.1) is 12.4 Å². The van der Waals surface area contributed by atoms with Gasteiger partial charge in [-0.1, -0.05) is 53.2 Å². The van der Waals surface area contributed by atoms with Crippen molar-refractivity contribution in [3.63, 3.8) is 0 Å². The lowest BCUT2D eigenvalue weighted by molar-refractivity contribution is 0.0695. The van der Waals surface area contributed by atoms with Crippen molar-refractivity contribution in [1.82, 2.24) is 19.0 Å². The predicted molar refractivity (Wildman–Crippen MR) is 342 cm³/mol. The van der Waals surface area contributed by atoms with Gasteiger partial charge < -0.3 is 44.6 Å². The number of anilines is 3. The van der Waals surface area contributed by atoms with Gasteiger partial charge in [0.2, 0.25) is 0 Å². The number of halogens is 7. The Labute approximate surface area is 531 Å². The van der Waals surface area contributed by atoms with Crippen LogP contribution in [0.3, 0.4) is 0 Å². The topological polar surface area (TPSA) is 185 Å². The maximum Gasteiger partial charge on any atom is 0.338 e. The van der Waals surface area contributed by atoms with Gasteiger partial charge in [-0.2, -0.15) is 0 Å². The van der Waals surface area contributed by atoms with Gasteiger partial charge >= 0.3 is 5.97 Å². The van der Waals surface area contributed by atoms with Crippen molar-refractivity contribution in [2.45, 2.75) is 120 Å². The van der Waals surface area contributed by atoms with Crippen molar-refractivity contribution in [3.05, 3.63) is 165 Å². The second kappa shape index (κ2) is 26.2. The van der Waals surface area contributed by atoms with Crippen LogP contribution in [-0.4, -0.2) is 88.4 Å². The molecule has 0 radical (unpaired) electrons. The Bertz CT molecular complexity index is 3750. The van der Waals surface area contributed by atoms with Crippen LogP contribution in [0.5, 0.6) is 0 Å². The summed E-state index contributed by atoms with van der Waals surface area (Å²) in [6.07, 6.45) is 8.39. The quantitative estimate of drug-likeness (QED) is 0.109. The third-order valence-electron chi connectivity index (χ3n) is 16.3. The number of carboxylic acid groups (broad SMARTS) is 1. The van der Waals surface area contributed by atoms with Crippen LogP contribution in [-0.2, 0) is 58.2 Å². The van der Waals surface area contributed by atoms with Gasteiger partial charge in [0.15, 0.2) is 6.29 Å². The van der Waals surface area contributed by atoms with E-state index >= 15 is 0 Å². The van der Waals surface area contributed by atoms with Crippen LogP contribution in [0.1, 0.15) is 159 Å². The summed E-state index contributed by atoms with van der Waals surface area (Å²) in [5.74, 6) is -3.80. The number of hydrogen-bond donors (Lipinski definition) is 3. The number of hydrogen-bond acceptors (Lipinski definition) is 7. The number of allylic oxidation sites excluding steroid dienone is 2. The molecule has 4 amide bonds. The summed E-state index contributed by atoms with van der Waals surface area (Å²) < 4.78 is 48.9. The Balaban J connectivity index is 0.000000174. The first-order chi connectivity index (χ1) is 40.0. The van der Waals surface area contributed by atoms with Gasteiger partial charge in [-0.3, -0.25) is 24.0 Å². The number of aromatic carboxylic acids is 1. The van der Waals surface area contributed by atoms with Crippen LogP contribution in [0, 0.1) is 33.7 Å². The number of carboxylic acids is 1. The number of aromatic nitrogens is 3. The maximum absolute atomic E-state index is 14.1. The number of carbonyl (C=O) groups excluding carboxylic acids is 5. The molecule has 0 saturated carbocycles. The minimum Gasteiger partial charge on any atom is -0.478 e. The summed E-state index contributed by atoms with van der Waals surface area (Å²) in [6.45, 7) is 22.5. The Morgan fingerprint density at radius 3 is 1.19 bits per heavy atom. The molecule has 460 valence electrons. The van der Waals surface area contributed by atoms with Crippen molar-refractivity contribution < 1.29 is 47.0 Å². The third kappa shape index (κ3) is 13.4. The van der Waals surface area contributed by atoms with E-state index in [2.05, 4.69) is 129 Å². The SMILES string of the molecule is CC1(C)Cc2cc3n(c2C1)CCN(c1cc(F)cc(Br)c1C(=O)O)C3=O.CC1(C)Cc2cc3n(c2C1)CCN(c1cc(F)cc(Br)c1C=O)C3=O.CC=C(C)C.CN.CNC(=O)c1c(Br)cc(F)cc1N1CCn2c(cc3c2CC(C)(C)C3)C1=O.Cl. The summed E-state index contributed by atoms with van der Waals surface area (Å²) in [6, 6.07) is 13.0. The van der Waals surface area contributed by atoms with E-state index in [4.69, 9.17) is 0 Å². The molecule has 12 rings (SSSR count). The number of aldehydes is 1. The molecular formula is C64H73Br3ClF3N8O7. The highest BCUT2D eigenvalue weighted by atomic mass is 79.9. The van der Waals surface area contributed by atoms with Crippen LogP contribution < -0.4 is 25.8 Å². The Morgan fingerprint density at radius 2 is 0.860 bits per heavy atom. The van der Waals surface area contributed by atoms with E-state index in [1.165, 1.54) is 92.4 Å². The van der Waals surface area contributed by atoms with E-state index in [-0.39, 0.29) is 73.6 Å². The van der Waals surface area contributed by atoms with Gasteiger partial charge in [0.1, 0.15) is 34.5 Å². The summed E-state index contributed by atoms with van der Waals surface area (Å²) >= 11 is 9.57. The summed E-state index contributed by atoms with van der Waals surface area (Å²) in [4.78, 5) is 79.1. The van der Waals surface area contributed by atoms with Crippen LogP contribution in [0.4, 0.5) is 30.2 Å². The summed E-state index contributed by atoms with van der Waals surface area (Å²) in [7, 11) is 3.01. The van der Waals surface area contributed by atoms with Gasteiger partial charge in [-0.25, -0.2) is 18.0 Å². The molecule has 0 atom stereocenters. The normalized spacial score (nSPS) is 16.8. The number of nitrogens with one attached hydrogen (secondary N) is 1. The highest BCUT2D eigenvalue weighted by Crippen LogP contribution is 2.44. The molecule has 0 spiro atoms. The first-order valence-corrected chi connectivity index (χ1v) is 30.5. The number of carbonyl (C=O) groups is 6. The van der Waals surface area contributed by atoms with E-state index in [0.29, 0.717) is 88.5 Å². The lowest BCUT2D eigenvalue weighted by Crippen LogP contribution is -2.42. The molecule has 86 heavy (non-hydrogen) atoms. The van der Waals surface area contributed by atoms with Crippen LogP contribution in [0.25, 0.3) is 0 Å². The number of nitrogens with two attached hydrogens (primary N) is 1. The average molecular weight is 1400 g/mol. The number of amides is 4. The van der Waals surface area contributed by atoms with E-state index < -0.39 is 23.4 Å². The third-order valence-corrected chi connectivity index (χ3v) is 18.2. The minimum atomic E-state index is -1.20. The van der Waals surface area contributed by atoms with Gasteiger partial charge in [0.25, 0.3) is 23.6 Å². The summed E-state index contributed by atoms with van der Waals surface area (Å²) in [5.41, 5.74) is 16.7. The monoisotopic (exact) mass is 1390 g/mol.